The van der Waals surface area contributed by atoms with Gasteiger partial charge in [-0.15, -0.1) is 21.5 Å². The highest BCUT2D eigenvalue weighted by Gasteiger charge is 2.14. The second kappa shape index (κ2) is 6.41. The minimum atomic E-state index is -0.326. The molecule has 2 aromatic heterocycles. The Morgan fingerprint density at radius 1 is 1.30 bits per heavy atom. The van der Waals surface area contributed by atoms with Gasteiger partial charge in [0.1, 0.15) is 0 Å². The van der Waals surface area contributed by atoms with Crippen molar-refractivity contribution in [1.29, 1.82) is 0 Å². The highest BCUT2D eigenvalue weighted by Crippen LogP contribution is 2.23. The Morgan fingerprint density at radius 3 is 2.78 bits per heavy atom. The van der Waals surface area contributed by atoms with Crippen LogP contribution in [0.2, 0.25) is 0 Å². The summed E-state index contributed by atoms with van der Waals surface area (Å²) in [5.74, 6) is -0.652. The number of nitrogens with one attached hydrogen (secondary N) is 1. The molecule has 0 radical (unpaired) electrons. The zero-order chi connectivity index (χ0) is 16.2. The van der Waals surface area contributed by atoms with Crippen molar-refractivity contribution in [3.05, 3.63) is 63.6 Å². The summed E-state index contributed by atoms with van der Waals surface area (Å²) in [5, 5.41) is 24.5. The average Bonchev–Trinajstić information content (AvgIpc) is 3.20. The third-order valence-corrected chi connectivity index (χ3v) is 4.12. The molecule has 2 heterocycles. The number of aromatic nitrogens is 4. The lowest BCUT2D eigenvalue weighted by atomic mass is 10.1. The normalized spacial score (nSPS) is 11.6. The van der Waals surface area contributed by atoms with Gasteiger partial charge >= 0.3 is 0 Å². The van der Waals surface area contributed by atoms with E-state index in [1.807, 2.05) is 29.6 Å². The molecule has 0 amide bonds. The second-order valence-corrected chi connectivity index (χ2v) is 5.81. The summed E-state index contributed by atoms with van der Waals surface area (Å²) >= 11 is 1.49. The molecular formula is C15H13N5O2S. The number of hydrogen-bond acceptors (Lipinski definition) is 7. The van der Waals surface area contributed by atoms with E-state index in [1.54, 1.807) is 6.07 Å². The predicted octanol–water partition coefficient (Wildman–Crippen LogP) is 2.22. The van der Waals surface area contributed by atoms with E-state index in [-0.39, 0.29) is 17.4 Å². The van der Waals surface area contributed by atoms with Gasteiger partial charge in [-0.05, 0) is 34.4 Å². The highest BCUT2D eigenvalue weighted by atomic mass is 32.1. The third kappa shape index (κ3) is 3.43. The van der Waals surface area contributed by atoms with Gasteiger partial charge in [0.25, 0.3) is 0 Å². The largest absolute Gasteiger partial charge is 0.504 e. The quantitative estimate of drug-likeness (QED) is 0.286. The first kappa shape index (κ1) is 14.9. The van der Waals surface area contributed by atoms with Gasteiger partial charge in [-0.1, -0.05) is 12.1 Å². The number of nitrogens with two attached hydrogens (primary N) is 1. The van der Waals surface area contributed by atoms with Crippen LogP contribution in [0, 0.1) is 0 Å². The first-order valence-electron chi connectivity index (χ1n) is 6.73. The molecule has 0 saturated heterocycles. The Morgan fingerprint density at radius 2 is 2.09 bits per heavy atom. The number of aliphatic hydroxyl groups excluding tert-OH is 1. The molecule has 0 aliphatic carbocycles. The van der Waals surface area contributed by atoms with Crippen LogP contribution in [0.1, 0.15) is 26.6 Å². The van der Waals surface area contributed by atoms with Crippen LogP contribution in [0.4, 0.5) is 5.69 Å². The fraction of sp³-hybridized carbons (Fsp3) is 0.0667. The Labute approximate surface area is 135 Å². The molecule has 0 bridgehead atoms. The molecule has 3 aromatic rings. The zero-order valence-corrected chi connectivity index (χ0v) is 12.7. The number of ketones is 1. The van der Waals surface area contributed by atoms with Crippen LogP contribution >= 0.6 is 11.3 Å². The lowest BCUT2D eigenvalue weighted by Gasteiger charge is -2.03. The average molecular weight is 327 g/mol. The maximum atomic E-state index is 12.3. The molecule has 0 spiro atoms. The minimum Gasteiger partial charge on any atom is -0.504 e. The van der Waals surface area contributed by atoms with E-state index in [2.05, 4.69) is 20.6 Å². The van der Waals surface area contributed by atoms with Crippen LogP contribution in [-0.2, 0) is 6.42 Å². The molecule has 0 atom stereocenters. The summed E-state index contributed by atoms with van der Waals surface area (Å²) in [7, 11) is 0. The van der Waals surface area contributed by atoms with Gasteiger partial charge in [0.15, 0.2) is 11.5 Å². The topological polar surface area (TPSA) is 118 Å². The van der Waals surface area contributed by atoms with E-state index < -0.39 is 0 Å². The molecular weight excluding hydrogens is 314 g/mol. The van der Waals surface area contributed by atoms with Crippen molar-refractivity contribution >= 4 is 28.6 Å². The van der Waals surface area contributed by atoms with Gasteiger partial charge in [0, 0.05) is 28.6 Å². The van der Waals surface area contributed by atoms with Crippen LogP contribution in [0.3, 0.4) is 0 Å². The summed E-state index contributed by atoms with van der Waals surface area (Å²) in [6.07, 6.45) is 1.72. The van der Waals surface area contributed by atoms with Gasteiger partial charge in [0.05, 0.1) is 0 Å². The number of allylic oxidation sites excluding steroid dienone is 1. The van der Waals surface area contributed by atoms with Crippen molar-refractivity contribution in [2.24, 2.45) is 0 Å². The van der Waals surface area contributed by atoms with Crippen molar-refractivity contribution < 1.29 is 9.90 Å². The van der Waals surface area contributed by atoms with Crippen molar-refractivity contribution in [2.75, 3.05) is 5.73 Å². The number of nitrogen functional groups attached to an aromatic ring is 1. The van der Waals surface area contributed by atoms with E-state index in [9.17, 15) is 9.90 Å². The molecule has 0 saturated carbocycles. The van der Waals surface area contributed by atoms with E-state index in [0.29, 0.717) is 17.7 Å². The molecule has 0 aliphatic heterocycles. The number of thiophene rings is 1. The summed E-state index contributed by atoms with van der Waals surface area (Å²) in [5.41, 5.74) is 7.97. The maximum absolute atomic E-state index is 12.3. The van der Waals surface area contributed by atoms with Gasteiger partial charge in [0.2, 0.25) is 5.82 Å². The number of rotatable bonds is 5. The number of carbonyl (C=O) groups is 1. The van der Waals surface area contributed by atoms with E-state index >= 15 is 0 Å². The smallest absolute Gasteiger partial charge is 0.239 e. The van der Waals surface area contributed by atoms with Gasteiger partial charge in [-0.2, -0.15) is 5.21 Å². The number of benzene rings is 1. The monoisotopic (exact) mass is 327 g/mol. The number of carbonyl (C=O) groups excluding carboxylic acids is 1. The highest BCUT2D eigenvalue weighted by molar-refractivity contribution is 7.10. The van der Waals surface area contributed by atoms with Crippen molar-refractivity contribution in [2.45, 2.75) is 6.42 Å². The number of aromatic amines is 1. The Hall–Kier alpha value is -3.00. The number of nitrogens with zero attached hydrogens (tertiary/aromatic N) is 3. The van der Waals surface area contributed by atoms with E-state index in [4.69, 9.17) is 5.73 Å². The fourth-order valence-corrected chi connectivity index (χ4v) is 2.97. The maximum Gasteiger partial charge on any atom is 0.239 e. The first-order valence-corrected chi connectivity index (χ1v) is 7.61. The summed E-state index contributed by atoms with van der Waals surface area (Å²) in [6, 6.07) is 9.24. The molecule has 1 aromatic carbocycles. The van der Waals surface area contributed by atoms with Gasteiger partial charge in [-0.25, -0.2) is 0 Å². The summed E-state index contributed by atoms with van der Waals surface area (Å²) in [4.78, 5) is 13.3. The molecule has 23 heavy (non-hydrogen) atoms. The molecule has 0 unspecified atom stereocenters. The second-order valence-electron chi connectivity index (χ2n) is 4.81. The molecule has 4 N–H and O–H groups in total. The summed E-state index contributed by atoms with van der Waals surface area (Å²) < 4.78 is 0. The minimum absolute atomic E-state index is 0.0198. The predicted molar refractivity (Wildman–Crippen MR) is 87.1 cm³/mol. The van der Waals surface area contributed by atoms with Crippen molar-refractivity contribution in [3.8, 4) is 0 Å². The number of anilines is 1. The number of hydrogen-bond donors (Lipinski definition) is 3. The van der Waals surface area contributed by atoms with Crippen LogP contribution < -0.4 is 5.73 Å². The Kier molecular flexibility index (Phi) is 4.15. The van der Waals surface area contributed by atoms with Crippen molar-refractivity contribution in [1.82, 2.24) is 20.6 Å². The lowest BCUT2D eigenvalue weighted by Crippen LogP contribution is -2.00. The zero-order valence-electron chi connectivity index (χ0n) is 11.9. The van der Waals surface area contributed by atoms with Crippen LogP contribution in [0.5, 0.6) is 0 Å². The van der Waals surface area contributed by atoms with Crippen LogP contribution in [-0.4, -0.2) is 31.5 Å². The van der Waals surface area contributed by atoms with Crippen LogP contribution in [0.25, 0.3) is 5.76 Å². The van der Waals surface area contributed by atoms with E-state index in [0.717, 1.165) is 16.5 Å². The number of tetrazole rings is 1. The molecule has 8 heteroatoms. The molecule has 116 valence electrons. The number of aliphatic hydroxyl groups is 1. The van der Waals surface area contributed by atoms with E-state index in [1.165, 1.54) is 11.3 Å². The third-order valence-electron chi connectivity index (χ3n) is 3.20. The van der Waals surface area contributed by atoms with Gasteiger partial charge in [-0.3, -0.25) is 4.79 Å². The van der Waals surface area contributed by atoms with Crippen molar-refractivity contribution in [3.63, 3.8) is 0 Å². The Bertz CT molecular complexity index is 837. The molecule has 3 rings (SSSR count). The molecule has 7 nitrogen and oxygen atoms in total. The summed E-state index contributed by atoms with van der Waals surface area (Å²) in [6.45, 7) is 0. The lowest BCUT2D eigenvalue weighted by molar-refractivity contribution is 0.104. The Balaban J connectivity index is 1.81. The van der Waals surface area contributed by atoms with Crippen LogP contribution in [0.15, 0.2) is 41.8 Å². The molecule has 0 fully saturated rings. The van der Waals surface area contributed by atoms with Gasteiger partial charge < -0.3 is 10.8 Å². The molecule has 0 aliphatic rings. The SMILES string of the molecule is Nc1ccc(Cc2sccc2C(=O)C=C(O)c2nn[nH]n2)cc1. The number of H-pyrrole nitrogens is 1. The first-order chi connectivity index (χ1) is 11.1. The standard InChI is InChI=1S/C15H13N5O2S/c16-10-3-1-9(2-4-10)7-14-11(5-6-23-14)12(21)8-13(22)15-17-19-20-18-15/h1-6,8,22H,7,16H2,(H,17,18,19,20). The fourth-order valence-electron chi connectivity index (χ4n) is 2.05.